The second-order valence-corrected chi connectivity index (χ2v) is 6.85. The first-order valence-corrected chi connectivity index (χ1v) is 9.59. The predicted molar refractivity (Wildman–Crippen MR) is 117 cm³/mol. The number of hydrogen-bond acceptors (Lipinski definition) is 6. The molecule has 0 saturated heterocycles. The van der Waals surface area contributed by atoms with Crippen molar-refractivity contribution in [2.24, 2.45) is 0 Å². The number of hydrogen-bond donors (Lipinski definition) is 3. The van der Waals surface area contributed by atoms with Gasteiger partial charge in [-0.2, -0.15) is 0 Å². The van der Waals surface area contributed by atoms with E-state index in [0.717, 1.165) is 39.5 Å². The Kier molecular flexibility index (Phi) is 5.72. The van der Waals surface area contributed by atoms with Crippen molar-refractivity contribution in [3.05, 3.63) is 78.2 Å². The zero-order valence-electron chi connectivity index (χ0n) is 17.1. The lowest BCUT2D eigenvalue weighted by Gasteiger charge is -2.14. The number of ether oxygens (including phenoxy) is 2. The molecule has 3 N–H and O–H groups in total. The summed E-state index contributed by atoms with van der Waals surface area (Å²) in [7, 11) is 3.26. The van der Waals surface area contributed by atoms with E-state index >= 15 is 0 Å². The van der Waals surface area contributed by atoms with E-state index in [4.69, 9.17) is 14.7 Å². The van der Waals surface area contributed by atoms with Crippen molar-refractivity contribution in [2.45, 2.75) is 6.54 Å². The monoisotopic (exact) mass is 418 g/mol. The third-order valence-electron chi connectivity index (χ3n) is 5.02. The summed E-state index contributed by atoms with van der Waals surface area (Å²) >= 11 is 0. The molecule has 1 amide bonds. The minimum absolute atomic E-state index is 0.372. The van der Waals surface area contributed by atoms with Crippen LogP contribution in [-0.2, 0) is 6.54 Å². The molecule has 0 radical (unpaired) electrons. The third kappa shape index (κ3) is 4.15. The Morgan fingerprint density at radius 2 is 1.90 bits per heavy atom. The van der Waals surface area contributed by atoms with E-state index in [1.54, 1.807) is 50.2 Å². The van der Waals surface area contributed by atoms with Crippen LogP contribution in [0.4, 0.5) is 5.69 Å². The number of hydroxylamine groups is 1. The number of methoxy groups -OCH3 is 2. The number of pyridine rings is 1. The highest BCUT2D eigenvalue weighted by Gasteiger charge is 2.12. The number of amides is 1. The SMILES string of the molecule is COc1ccc(-c2cc(CNc3ccc(C(=O)NO)cc3)c3nccn3c2)c(OC)c1. The van der Waals surface area contributed by atoms with Crippen molar-refractivity contribution >= 4 is 17.2 Å². The Morgan fingerprint density at radius 3 is 2.61 bits per heavy atom. The van der Waals surface area contributed by atoms with Crippen LogP contribution in [0.1, 0.15) is 15.9 Å². The molecule has 2 heterocycles. The first kappa shape index (κ1) is 20.2. The summed E-state index contributed by atoms with van der Waals surface area (Å²) in [5, 5.41) is 12.1. The lowest BCUT2D eigenvalue weighted by Crippen LogP contribution is -2.18. The van der Waals surface area contributed by atoms with Gasteiger partial charge in [-0.15, -0.1) is 0 Å². The van der Waals surface area contributed by atoms with Crippen LogP contribution in [0.15, 0.2) is 67.1 Å². The predicted octanol–water partition coefficient (Wildman–Crippen LogP) is 3.75. The van der Waals surface area contributed by atoms with Gasteiger partial charge in [-0.25, -0.2) is 10.5 Å². The maximum absolute atomic E-state index is 11.5. The minimum Gasteiger partial charge on any atom is -0.497 e. The van der Waals surface area contributed by atoms with Crippen LogP contribution >= 0.6 is 0 Å². The van der Waals surface area contributed by atoms with Gasteiger partial charge in [0.1, 0.15) is 17.1 Å². The molecular weight excluding hydrogens is 396 g/mol. The van der Waals surface area contributed by atoms with E-state index < -0.39 is 5.91 Å². The van der Waals surface area contributed by atoms with Gasteiger partial charge in [-0.1, -0.05) is 0 Å². The lowest BCUT2D eigenvalue weighted by atomic mass is 10.0. The number of nitrogens with one attached hydrogen (secondary N) is 2. The average Bonchev–Trinajstić information content (AvgIpc) is 3.30. The first-order chi connectivity index (χ1) is 15.1. The topological polar surface area (TPSA) is 97.1 Å². The van der Waals surface area contributed by atoms with Crippen LogP contribution in [-0.4, -0.2) is 34.7 Å². The maximum atomic E-state index is 11.5. The summed E-state index contributed by atoms with van der Waals surface area (Å²) in [6.45, 7) is 0.526. The smallest absolute Gasteiger partial charge is 0.274 e. The summed E-state index contributed by atoms with van der Waals surface area (Å²) in [6.07, 6.45) is 5.68. The molecular formula is C23H22N4O4. The van der Waals surface area contributed by atoms with E-state index in [2.05, 4.69) is 16.4 Å². The third-order valence-corrected chi connectivity index (χ3v) is 5.02. The summed E-state index contributed by atoms with van der Waals surface area (Å²) in [5.74, 6) is 0.895. The van der Waals surface area contributed by atoms with E-state index in [-0.39, 0.29) is 0 Å². The minimum atomic E-state index is -0.549. The normalized spacial score (nSPS) is 10.7. The number of nitrogens with zero attached hydrogens (tertiary/aromatic N) is 2. The second kappa shape index (κ2) is 8.76. The lowest BCUT2D eigenvalue weighted by molar-refractivity contribution is 0.0706. The Labute approximate surface area is 179 Å². The van der Waals surface area contributed by atoms with Gasteiger partial charge in [0.2, 0.25) is 0 Å². The van der Waals surface area contributed by atoms with E-state index in [0.29, 0.717) is 12.1 Å². The van der Waals surface area contributed by atoms with Crippen LogP contribution in [0.5, 0.6) is 11.5 Å². The molecule has 4 aromatic rings. The molecule has 0 saturated carbocycles. The van der Waals surface area contributed by atoms with Crippen molar-refractivity contribution in [2.75, 3.05) is 19.5 Å². The highest BCUT2D eigenvalue weighted by Crippen LogP contribution is 2.34. The molecule has 0 aliphatic rings. The van der Waals surface area contributed by atoms with Crippen molar-refractivity contribution in [3.63, 3.8) is 0 Å². The highest BCUT2D eigenvalue weighted by atomic mass is 16.5. The van der Waals surface area contributed by atoms with E-state index in [9.17, 15) is 4.79 Å². The van der Waals surface area contributed by atoms with Crippen LogP contribution in [0, 0.1) is 0 Å². The molecule has 0 fully saturated rings. The molecule has 0 bridgehead atoms. The van der Waals surface area contributed by atoms with Crippen molar-refractivity contribution in [3.8, 4) is 22.6 Å². The molecule has 4 rings (SSSR count). The number of benzene rings is 2. The zero-order valence-corrected chi connectivity index (χ0v) is 17.1. The number of rotatable bonds is 7. The van der Waals surface area contributed by atoms with Gasteiger partial charge in [0.05, 0.1) is 14.2 Å². The van der Waals surface area contributed by atoms with E-state index in [1.165, 1.54) is 0 Å². The van der Waals surface area contributed by atoms with E-state index in [1.807, 2.05) is 35.0 Å². The van der Waals surface area contributed by atoms with Crippen molar-refractivity contribution < 1.29 is 19.5 Å². The molecule has 2 aromatic carbocycles. The summed E-state index contributed by atoms with van der Waals surface area (Å²) < 4.78 is 12.9. The Balaban J connectivity index is 1.64. The Bertz CT molecular complexity index is 1220. The summed E-state index contributed by atoms with van der Waals surface area (Å²) in [5.41, 5.74) is 6.61. The maximum Gasteiger partial charge on any atom is 0.274 e. The molecule has 0 aliphatic heterocycles. The van der Waals surface area contributed by atoms with Gasteiger partial charge >= 0.3 is 0 Å². The fourth-order valence-electron chi connectivity index (χ4n) is 3.42. The summed E-state index contributed by atoms with van der Waals surface area (Å²) in [6, 6.07) is 14.6. The quantitative estimate of drug-likeness (QED) is 0.312. The van der Waals surface area contributed by atoms with Gasteiger partial charge < -0.3 is 19.2 Å². The summed E-state index contributed by atoms with van der Waals surface area (Å²) in [4.78, 5) is 16.0. The molecule has 8 heteroatoms. The fourth-order valence-corrected chi connectivity index (χ4v) is 3.42. The Hall–Kier alpha value is -4.04. The molecule has 158 valence electrons. The Morgan fingerprint density at radius 1 is 1.10 bits per heavy atom. The number of fused-ring (bicyclic) bond motifs is 1. The molecule has 31 heavy (non-hydrogen) atoms. The van der Waals surface area contributed by atoms with Gasteiger partial charge in [-0.05, 0) is 42.5 Å². The average molecular weight is 418 g/mol. The number of carbonyl (C=O) groups is 1. The molecule has 0 unspecified atom stereocenters. The second-order valence-electron chi connectivity index (χ2n) is 6.85. The first-order valence-electron chi connectivity index (χ1n) is 9.59. The molecule has 0 aliphatic carbocycles. The van der Waals surface area contributed by atoms with Crippen molar-refractivity contribution in [1.29, 1.82) is 0 Å². The standard InChI is InChI=1S/C23H22N4O4/c1-30-19-7-8-20(21(12-19)31-2)17-11-16(22-24-9-10-27(22)14-17)13-25-18-5-3-15(4-6-18)23(28)26-29/h3-12,14,25,29H,13H2,1-2H3,(H,26,28). The van der Waals surface area contributed by atoms with Crippen molar-refractivity contribution in [1.82, 2.24) is 14.9 Å². The van der Waals surface area contributed by atoms with Gasteiger partial charge in [0, 0.05) is 59.1 Å². The fraction of sp³-hybridized carbons (Fsp3) is 0.130. The number of aromatic nitrogens is 2. The molecule has 2 aromatic heterocycles. The van der Waals surface area contributed by atoms with Gasteiger partial charge in [-0.3, -0.25) is 10.0 Å². The molecule has 0 spiro atoms. The molecule has 8 nitrogen and oxygen atoms in total. The van der Waals surface area contributed by atoms with Crippen LogP contribution in [0.3, 0.4) is 0 Å². The molecule has 0 atom stereocenters. The highest BCUT2D eigenvalue weighted by molar-refractivity contribution is 5.93. The van der Waals surface area contributed by atoms with Crippen LogP contribution in [0.25, 0.3) is 16.8 Å². The van der Waals surface area contributed by atoms with Gasteiger partial charge in [0.15, 0.2) is 0 Å². The van der Waals surface area contributed by atoms with Crippen LogP contribution < -0.4 is 20.3 Å². The largest absolute Gasteiger partial charge is 0.497 e. The number of imidazole rings is 1. The number of carbonyl (C=O) groups excluding carboxylic acids is 1. The van der Waals surface area contributed by atoms with Gasteiger partial charge in [0.25, 0.3) is 5.91 Å². The number of anilines is 1. The van der Waals surface area contributed by atoms with Crippen LogP contribution in [0.2, 0.25) is 0 Å². The zero-order chi connectivity index (χ0) is 21.8.